The van der Waals surface area contributed by atoms with Crippen molar-refractivity contribution < 1.29 is 4.74 Å². The number of methoxy groups -OCH3 is 1. The molecule has 2 nitrogen and oxygen atoms in total. The van der Waals surface area contributed by atoms with E-state index in [0.717, 1.165) is 17.7 Å². The van der Waals surface area contributed by atoms with Gasteiger partial charge in [-0.05, 0) is 30.7 Å². The van der Waals surface area contributed by atoms with E-state index in [1.165, 1.54) is 16.6 Å². The smallest absolute Gasteiger partial charge is 0.128 e. The number of ether oxygens (including phenoxy) is 1. The maximum Gasteiger partial charge on any atom is 0.128 e. The van der Waals surface area contributed by atoms with E-state index < -0.39 is 0 Å². The van der Waals surface area contributed by atoms with Crippen LogP contribution in [0.1, 0.15) is 11.1 Å². The quantitative estimate of drug-likeness (QED) is 0.686. The normalized spacial score (nSPS) is 10.8. The van der Waals surface area contributed by atoms with Gasteiger partial charge in [-0.25, -0.2) is 0 Å². The van der Waals surface area contributed by atoms with Crippen molar-refractivity contribution in [2.45, 2.75) is 13.5 Å². The molecule has 0 aliphatic rings. The molecule has 0 saturated carbocycles. The average molecular weight is 251 g/mol. The molecular formula is C17H17NO. The van der Waals surface area contributed by atoms with Gasteiger partial charge in [-0.2, -0.15) is 0 Å². The molecule has 0 atom stereocenters. The second-order valence-electron chi connectivity index (χ2n) is 4.82. The maximum atomic E-state index is 5.39. The molecule has 0 amide bonds. The van der Waals surface area contributed by atoms with E-state index in [-0.39, 0.29) is 0 Å². The Balaban J connectivity index is 1.99. The molecule has 2 heteroatoms. The average Bonchev–Trinajstić information content (AvgIpc) is 2.84. The van der Waals surface area contributed by atoms with Crippen LogP contribution < -0.4 is 4.74 Å². The van der Waals surface area contributed by atoms with Gasteiger partial charge in [0, 0.05) is 18.1 Å². The third-order valence-electron chi connectivity index (χ3n) is 3.47. The predicted octanol–water partition coefficient (Wildman–Crippen LogP) is 4.01. The van der Waals surface area contributed by atoms with Gasteiger partial charge in [-0.3, -0.25) is 0 Å². The van der Waals surface area contributed by atoms with E-state index in [4.69, 9.17) is 4.74 Å². The number of benzene rings is 2. The summed E-state index contributed by atoms with van der Waals surface area (Å²) in [5, 5.41) is 1.16. The first kappa shape index (κ1) is 11.8. The van der Waals surface area contributed by atoms with Crippen molar-refractivity contribution in [1.29, 1.82) is 0 Å². The zero-order valence-corrected chi connectivity index (χ0v) is 11.3. The SMILES string of the molecule is COc1cccc2c1ccn2Cc1ccc(C)cc1. The van der Waals surface area contributed by atoms with Crippen LogP contribution in [0.3, 0.4) is 0 Å². The molecule has 0 aliphatic carbocycles. The number of fused-ring (bicyclic) bond motifs is 1. The molecule has 1 aromatic heterocycles. The maximum absolute atomic E-state index is 5.39. The zero-order valence-electron chi connectivity index (χ0n) is 11.3. The second kappa shape index (κ2) is 4.81. The summed E-state index contributed by atoms with van der Waals surface area (Å²) in [6.45, 7) is 3.00. The van der Waals surface area contributed by atoms with Crippen LogP contribution in [-0.2, 0) is 6.54 Å². The van der Waals surface area contributed by atoms with Crippen LogP contribution in [0.15, 0.2) is 54.7 Å². The topological polar surface area (TPSA) is 14.2 Å². The van der Waals surface area contributed by atoms with Gasteiger partial charge in [0.15, 0.2) is 0 Å². The van der Waals surface area contributed by atoms with Crippen LogP contribution in [0.4, 0.5) is 0 Å². The largest absolute Gasteiger partial charge is 0.496 e. The van der Waals surface area contributed by atoms with Gasteiger partial charge >= 0.3 is 0 Å². The molecule has 0 saturated heterocycles. The highest BCUT2D eigenvalue weighted by Gasteiger charge is 2.05. The summed E-state index contributed by atoms with van der Waals surface area (Å²) in [6.07, 6.45) is 2.12. The Bertz CT molecular complexity index is 695. The zero-order chi connectivity index (χ0) is 13.2. The number of rotatable bonds is 3. The van der Waals surface area contributed by atoms with Crippen LogP contribution in [-0.4, -0.2) is 11.7 Å². The third-order valence-corrected chi connectivity index (χ3v) is 3.47. The third kappa shape index (κ3) is 2.22. The van der Waals surface area contributed by atoms with Crippen LogP contribution in [0.5, 0.6) is 5.75 Å². The Morgan fingerprint density at radius 1 is 1.00 bits per heavy atom. The predicted molar refractivity (Wildman–Crippen MR) is 78.8 cm³/mol. The van der Waals surface area contributed by atoms with Crippen molar-refractivity contribution in [2.75, 3.05) is 7.11 Å². The summed E-state index contributed by atoms with van der Waals surface area (Å²) in [5.41, 5.74) is 3.81. The molecule has 0 radical (unpaired) electrons. The van der Waals surface area contributed by atoms with E-state index in [1.54, 1.807) is 7.11 Å². The molecule has 1 heterocycles. The lowest BCUT2D eigenvalue weighted by Gasteiger charge is -2.07. The van der Waals surface area contributed by atoms with Gasteiger partial charge in [0.05, 0.1) is 12.6 Å². The summed E-state index contributed by atoms with van der Waals surface area (Å²) in [5.74, 6) is 0.931. The minimum Gasteiger partial charge on any atom is -0.496 e. The summed E-state index contributed by atoms with van der Waals surface area (Å²) in [7, 11) is 1.71. The molecule has 0 spiro atoms. The Kier molecular flexibility index (Phi) is 3.00. The lowest BCUT2D eigenvalue weighted by Crippen LogP contribution is -1.97. The molecule has 0 aliphatic heterocycles. The van der Waals surface area contributed by atoms with Crippen LogP contribution >= 0.6 is 0 Å². The number of aromatic nitrogens is 1. The van der Waals surface area contributed by atoms with Crippen molar-refractivity contribution in [1.82, 2.24) is 4.57 Å². The fourth-order valence-corrected chi connectivity index (χ4v) is 2.40. The van der Waals surface area contributed by atoms with Gasteiger partial charge in [0.2, 0.25) is 0 Å². The highest BCUT2D eigenvalue weighted by atomic mass is 16.5. The Morgan fingerprint density at radius 2 is 1.79 bits per heavy atom. The van der Waals surface area contributed by atoms with E-state index in [1.807, 2.05) is 12.1 Å². The molecule has 3 rings (SSSR count). The van der Waals surface area contributed by atoms with Gasteiger partial charge < -0.3 is 9.30 Å². The molecule has 0 bridgehead atoms. The van der Waals surface area contributed by atoms with Crippen molar-refractivity contribution in [3.63, 3.8) is 0 Å². The van der Waals surface area contributed by atoms with Gasteiger partial charge in [0.25, 0.3) is 0 Å². The molecule has 96 valence electrons. The van der Waals surface area contributed by atoms with Crippen molar-refractivity contribution >= 4 is 10.9 Å². The highest BCUT2D eigenvalue weighted by molar-refractivity contribution is 5.86. The number of hydrogen-bond donors (Lipinski definition) is 0. The van der Waals surface area contributed by atoms with E-state index in [2.05, 4.69) is 54.1 Å². The fraction of sp³-hybridized carbons (Fsp3) is 0.176. The highest BCUT2D eigenvalue weighted by Crippen LogP contribution is 2.26. The van der Waals surface area contributed by atoms with E-state index in [0.29, 0.717) is 0 Å². The summed E-state index contributed by atoms with van der Waals surface area (Å²) in [4.78, 5) is 0. The van der Waals surface area contributed by atoms with E-state index in [9.17, 15) is 0 Å². The standard InChI is InChI=1S/C17H17NO/c1-13-6-8-14(9-7-13)12-18-11-10-15-16(18)4-3-5-17(15)19-2/h3-11H,12H2,1-2H3. The van der Waals surface area contributed by atoms with Gasteiger partial charge in [0.1, 0.15) is 5.75 Å². The Hall–Kier alpha value is -2.22. The summed E-state index contributed by atoms with van der Waals surface area (Å²) >= 11 is 0. The minimum atomic E-state index is 0.886. The monoisotopic (exact) mass is 251 g/mol. The molecular weight excluding hydrogens is 234 g/mol. The number of aryl methyl sites for hydroxylation is 1. The van der Waals surface area contributed by atoms with Crippen molar-refractivity contribution in [2.24, 2.45) is 0 Å². The first-order valence-electron chi connectivity index (χ1n) is 6.45. The molecule has 3 aromatic rings. The summed E-state index contributed by atoms with van der Waals surface area (Å²) < 4.78 is 7.65. The van der Waals surface area contributed by atoms with Gasteiger partial charge in [-0.1, -0.05) is 35.9 Å². The molecule has 0 fully saturated rings. The number of hydrogen-bond acceptors (Lipinski definition) is 1. The molecule has 19 heavy (non-hydrogen) atoms. The minimum absolute atomic E-state index is 0.886. The van der Waals surface area contributed by atoms with Crippen molar-refractivity contribution in [3.05, 3.63) is 65.9 Å². The first-order chi connectivity index (χ1) is 9.28. The lowest BCUT2D eigenvalue weighted by molar-refractivity contribution is 0.420. The molecule has 2 aromatic carbocycles. The Labute approximate surface area is 113 Å². The lowest BCUT2D eigenvalue weighted by atomic mass is 10.1. The van der Waals surface area contributed by atoms with Gasteiger partial charge in [-0.15, -0.1) is 0 Å². The number of nitrogens with zero attached hydrogens (tertiary/aromatic N) is 1. The fourth-order valence-electron chi connectivity index (χ4n) is 2.40. The first-order valence-corrected chi connectivity index (χ1v) is 6.45. The van der Waals surface area contributed by atoms with Crippen LogP contribution in [0.25, 0.3) is 10.9 Å². The van der Waals surface area contributed by atoms with Crippen LogP contribution in [0.2, 0.25) is 0 Å². The second-order valence-corrected chi connectivity index (χ2v) is 4.82. The van der Waals surface area contributed by atoms with Crippen molar-refractivity contribution in [3.8, 4) is 5.75 Å². The Morgan fingerprint density at radius 3 is 2.53 bits per heavy atom. The van der Waals surface area contributed by atoms with Crippen LogP contribution in [0, 0.1) is 6.92 Å². The van der Waals surface area contributed by atoms with E-state index >= 15 is 0 Å². The summed E-state index contributed by atoms with van der Waals surface area (Å²) in [6, 6.07) is 17.0. The molecule has 0 N–H and O–H groups in total. The molecule has 0 unspecified atom stereocenters.